The van der Waals surface area contributed by atoms with Gasteiger partial charge in [0.05, 0.1) is 31.3 Å². The minimum absolute atomic E-state index is 0.124. The fourth-order valence-corrected chi connectivity index (χ4v) is 11.1. The lowest BCUT2D eigenvalue weighted by molar-refractivity contribution is -0.149. The zero-order chi connectivity index (χ0) is 91.2. The predicted octanol–water partition coefficient (Wildman–Crippen LogP) is 0.855. The second kappa shape index (κ2) is 50.3. The van der Waals surface area contributed by atoms with Gasteiger partial charge in [0, 0.05) is 45.6 Å². The molecule has 0 aromatic heterocycles. The van der Waals surface area contributed by atoms with Gasteiger partial charge in [0.2, 0.25) is 65.0 Å². The number of alkyl carbamates (subject to hydrolysis) is 5. The fraction of sp³-hybridized carbons (Fsp3) is 0.709. The molecule has 1 aliphatic rings. The fourth-order valence-electron chi connectivity index (χ4n) is 11.1. The first kappa shape index (κ1) is 105. The van der Waals surface area contributed by atoms with Gasteiger partial charge >= 0.3 is 36.4 Å². The summed E-state index contributed by atoms with van der Waals surface area (Å²) < 4.78 is 32.2. The third-order valence-corrected chi connectivity index (χ3v) is 16.6. The summed E-state index contributed by atoms with van der Waals surface area (Å²) in [5.74, 6) is -13.3. The highest BCUT2D eigenvalue weighted by Crippen LogP contribution is 2.16. The standard InChI is InChI=1S/C79H132N16O25/c1-21-26-44(3)115-57(99)31-30-56(98)86-49(33-38-81-70(110)116-75(6,7)8)64(104)95-59(46(5)97)69(109)93-55(43-85-74(114)120-79(18,19)20)67(107)91-50-32-37-80-68(108)58(45(4)96)94-65(105)53(36-41-84-73(113)119-78(15,16)17)90-62(102)51(34-39-82-71(111)117-76(9,10)11)88-60(100)48(27-22-2)87-66(106)54(42-47-28-24-23-25-29-47)92-63(103)52(89-61(50)101)35-40-83-72(112)118-77(12,13)14/h23-25,28-29,44-46,48-55,58-59,96-97H,21-22,26-27,30-43H2,1-20H3,(H,80,108)(H,81,110)(H,82,111)(H,83,112)(H,84,113)(H,85,114)(H,86,98)(H,87,106)(H,88,100)(H,89,101)(H,90,102)(H,91,107)(H,92,103)(H,93,109)(H,94,105)(H,95,104)/t44?,45?,46?,48-,49-,50-,51-,52-,53-,54+,55-,58-,59-/m0/s1. The van der Waals surface area contributed by atoms with Crippen LogP contribution in [0.25, 0.3) is 0 Å². The highest BCUT2D eigenvalue weighted by atomic mass is 16.6. The smallest absolute Gasteiger partial charge is 0.407 e. The molecule has 41 heteroatoms. The van der Waals surface area contributed by atoms with Gasteiger partial charge in [-0.1, -0.05) is 57.0 Å². The van der Waals surface area contributed by atoms with Gasteiger partial charge in [-0.3, -0.25) is 57.5 Å². The molecule has 0 spiro atoms. The average molecular weight is 1710 g/mol. The number of amides is 16. The number of ether oxygens (including phenoxy) is 6. The molecule has 678 valence electrons. The Labute approximate surface area is 701 Å². The van der Waals surface area contributed by atoms with E-state index in [4.69, 9.17) is 28.4 Å². The van der Waals surface area contributed by atoms with Crippen molar-refractivity contribution in [2.75, 3.05) is 39.3 Å². The molecule has 1 aromatic rings. The first-order valence-corrected chi connectivity index (χ1v) is 40.3. The highest BCUT2D eigenvalue weighted by Gasteiger charge is 2.39. The molecular weight excluding hydrogens is 1570 g/mol. The van der Waals surface area contributed by atoms with Crippen molar-refractivity contribution in [3.63, 3.8) is 0 Å². The van der Waals surface area contributed by atoms with E-state index in [1.54, 1.807) is 127 Å². The Hall–Kier alpha value is -10.9. The van der Waals surface area contributed by atoms with Crippen LogP contribution < -0.4 is 85.1 Å². The summed E-state index contributed by atoms with van der Waals surface area (Å²) in [5.41, 5.74) is -4.71. The number of hydrogen-bond acceptors (Lipinski definition) is 25. The van der Waals surface area contributed by atoms with Crippen LogP contribution in [0.15, 0.2) is 30.3 Å². The lowest BCUT2D eigenvalue weighted by Crippen LogP contribution is -2.63. The largest absolute Gasteiger partial charge is 0.463 e. The molecule has 2 rings (SSSR count). The SMILES string of the molecule is CCCC(C)OC(=O)CCC(=O)N[C@@H](CCNC(=O)OC(C)(C)C)C(=O)N[C@H](C(=O)N[C@@H](CNC(=O)OC(C)(C)C)C(=O)N[C@H]1CCNC(=O)[C@H](C(C)O)NC(=O)[C@H](CCNC(=O)OC(C)(C)C)NC(=O)[C@H](CCNC(=O)OC(C)(C)C)NC(=O)[C@H](CCC)NC(=O)[C@@H](Cc2ccccc2)NC(=O)[C@H](CCNC(=O)OC(C)(C)C)NC1=O)C(C)O. The van der Waals surface area contributed by atoms with Crippen LogP contribution in [0.5, 0.6) is 0 Å². The summed E-state index contributed by atoms with van der Waals surface area (Å²) in [6.45, 7) is 27.8. The Balaban J connectivity index is 3.09. The Morgan fingerprint density at radius 2 is 0.850 bits per heavy atom. The number of hydrogen-bond donors (Lipinski definition) is 18. The molecule has 120 heavy (non-hydrogen) atoms. The van der Waals surface area contributed by atoms with Crippen LogP contribution in [-0.2, 0) is 92.4 Å². The number of esters is 1. The van der Waals surface area contributed by atoms with E-state index < -0.39 is 279 Å². The van der Waals surface area contributed by atoms with Crippen molar-refractivity contribution in [3.05, 3.63) is 35.9 Å². The third-order valence-electron chi connectivity index (χ3n) is 16.6. The molecule has 0 aliphatic carbocycles. The zero-order valence-electron chi connectivity index (χ0n) is 72.9. The number of carbonyl (C=O) groups is 17. The summed E-state index contributed by atoms with van der Waals surface area (Å²) in [7, 11) is 0. The van der Waals surface area contributed by atoms with Crippen molar-refractivity contribution in [1.82, 2.24) is 85.1 Å². The molecule has 1 aliphatic heterocycles. The van der Waals surface area contributed by atoms with Gasteiger partial charge in [-0.25, -0.2) is 24.0 Å². The molecule has 0 radical (unpaired) electrons. The van der Waals surface area contributed by atoms with Gasteiger partial charge in [0.15, 0.2) is 0 Å². The van der Waals surface area contributed by atoms with E-state index in [9.17, 15) is 72.5 Å². The van der Waals surface area contributed by atoms with Gasteiger partial charge in [0.25, 0.3) is 0 Å². The van der Waals surface area contributed by atoms with Crippen LogP contribution in [0.2, 0.25) is 0 Å². The summed E-state index contributed by atoms with van der Waals surface area (Å²) in [6.07, 6.45) is -11.5. The topological polar surface area (TPSA) is 579 Å². The van der Waals surface area contributed by atoms with Gasteiger partial charge < -0.3 is 124 Å². The first-order valence-electron chi connectivity index (χ1n) is 40.3. The number of rotatable bonds is 33. The van der Waals surface area contributed by atoms with Crippen molar-refractivity contribution in [1.29, 1.82) is 0 Å². The molecule has 0 bridgehead atoms. The lowest BCUT2D eigenvalue weighted by atomic mass is 10.0. The van der Waals surface area contributed by atoms with Crippen LogP contribution in [0.1, 0.15) is 215 Å². The minimum Gasteiger partial charge on any atom is -0.463 e. The number of carbonyl (C=O) groups excluding carboxylic acids is 17. The Bertz CT molecular complexity index is 3610. The number of benzene rings is 1. The summed E-state index contributed by atoms with van der Waals surface area (Å²) >= 11 is 0. The van der Waals surface area contributed by atoms with E-state index in [2.05, 4.69) is 85.1 Å². The Morgan fingerprint density at radius 3 is 1.27 bits per heavy atom. The van der Waals surface area contributed by atoms with E-state index in [0.29, 0.717) is 18.4 Å². The highest BCUT2D eigenvalue weighted by molar-refractivity contribution is 6.00. The van der Waals surface area contributed by atoms with Crippen molar-refractivity contribution in [3.8, 4) is 0 Å². The van der Waals surface area contributed by atoms with E-state index >= 15 is 19.2 Å². The van der Waals surface area contributed by atoms with Gasteiger partial charge in [-0.05, 0) is 175 Å². The van der Waals surface area contributed by atoms with Gasteiger partial charge in [0.1, 0.15) is 88.4 Å². The summed E-state index contributed by atoms with van der Waals surface area (Å²) in [4.78, 5) is 240. The minimum atomic E-state index is -2.07. The van der Waals surface area contributed by atoms with E-state index in [1.807, 2.05) is 6.92 Å². The maximum atomic E-state index is 15.3. The van der Waals surface area contributed by atoms with Crippen LogP contribution >= 0.6 is 0 Å². The average Bonchev–Trinajstić information content (AvgIpc) is 1.09. The molecule has 1 aromatic carbocycles. The predicted molar refractivity (Wildman–Crippen MR) is 435 cm³/mol. The maximum Gasteiger partial charge on any atom is 0.407 e. The molecule has 16 amide bonds. The number of aliphatic hydroxyl groups is 2. The van der Waals surface area contributed by atoms with Crippen molar-refractivity contribution in [2.45, 2.75) is 322 Å². The number of nitrogens with one attached hydrogen (secondary N) is 16. The van der Waals surface area contributed by atoms with E-state index in [0.717, 1.165) is 13.8 Å². The zero-order valence-corrected chi connectivity index (χ0v) is 72.9. The maximum absolute atomic E-state index is 15.3. The van der Waals surface area contributed by atoms with Crippen molar-refractivity contribution < 1.29 is 120 Å². The van der Waals surface area contributed by atoms with E-state index in [1.165, 1.54) is 20.8 Å². The molecule has 18 N–H and O–H groups in total. The monoisotopic (exact) mass is 1700 g/mol. The van der Waals surface area contributed by atoms with Crippen LogP contribution in [0, 0.1) is 0 Å². The number of aliphatic hydroxyl groups excluding tert-OH is 2. The lowest BCUT2D eigenvalue weighted by Gasteiger charge is -2.29. The molecule has 41 nitrogen and oxygen atoms in total. The third kappa shape index (κ3) is 44.8. The van der Waals surface area contributed by atoms with E-state index in [-0.39, 0.29) is 32.4 Å². The molecule has 1 fully saturated rings. The molecule has 0 saturated carbocycles. The van der Waals surface area contributed by atoms with Crippen LogP contribution in [0.4, 0.5) is 24.0 Å². The Morgan fingerprint density at radius 1 is 0.442 bits per heavy atom. The van der Waals surface area contributed by atoms with Gasteiger partial charge in [-0.2, -0.15) is 0 Å². The first-order chi connectivity index (χ1) is 55.6. The Kier molecular flexibility index (Phi) is 44.1. The van der Waals surface area contributed by atoms with Crippen LogP contribution in [-0.4, -0.2) is 258 Å². The van der Waals surface area contributed by atoms with Gasteiger partial charge in [-0.15, -0.1) is 0 Å². The summed E-state index contributed by atoms with van der Waals surface area (Å²) in [5, 5.41) is 62.2. The van der Waals surface area contributed by atoms with Crippen LogP contribution in [0.3, 0.4) is 0 Å². The molecule has 13 atom stereocenters. The van der Waals surface area contributed by atoms with Crippen molar-refractivity contribution >= 4 is 101 Å². The summed E-state index contributed by atoms with van der Waals surface area (Å²) in [6, 6.07) is -9.98. The molecular formula is C79H132N16O25. The molecule has 3 unspecified atom stereocenters. The van der Waals surface area contributed by atoms with Crippen molar-refractivity contribution in [2.24, 2.45) is 0 Å². The normalized spacial score (nSPS) is 19.9. The molecule has 1 saturated heterocycles. The second-order valence-electron chi connectivity index (χ2n) is 33.9. The quantitative estimate of drug-likeness (QED) is 0.0343. The molecule has 1 heterocycles. The second-order valence-corrected chi connectivity index (χ2v) is 33.9.